The molecule has 3 aromatic carbocycles. The summed E-state index contributed by atoms with van der Waals surface area (Å²) < 4.78 is 0. The van der Waals surface area contributed by atoms with Gasteiger partial charge in [-0.25, -0.2) is 0 Å². The first kappa shape index (κ1) is 26.3. The highest BCUT2D eigenvalue weighted by Gasteiger charge is 2.12. The summed E-state index contributed by atoms with van der Waals surface area (Å²) in [6, 6.07) is 28.6. The van der Waals surface area contributed by atoms with E-state index >= 15 is 0 Å². The van der Waals surface area contributed by atoms with Crippen LogP contribution in [0.2, 0.25) is 0 Å². The number of hydrogen-bond donors (Lipinski definition) is 0. The van der Waals surface area contributed by atoms with Crippen molar-refractivity contribution in [3.63, 3.8) is 0 Å². The second-order valence-corrected chi connectivity index (χ2v) is 9.34. The van der Waals surface area contributed by atoms with Gasteiger partial charge in [-0.05, 0) is 84.8 Å². The number of unbranched alkanes of at least 4 members (excludes halogenated alkanes) is 6. The van der Waals surface area contributed by atoms with Gasteiger partial charge in [-0.15, -0.1) is 0 Å². The summed E-state index contributed by atoms with van der Waals surface area (Å²) >= 11 is 0. The van der Waals surface area contributed by atoms with Crippen molar-refractivity contribution < 1.29 is 0 Å². The van der Waals surface area contributed by atoms with Gasteiger partial charge in [0.1, 0.15) is 0 Å². The molecule has 0 N–H and O–H groups in total. The number of aryl methyl sites for hydroxylation is 2. The highest BCUT2D eigenvalue weighted by molar-refractivity contribution is 5.77. The Bertz CT molecular complexity index is 999. The second kappa shape index (κ2) is 14.8. The molecule has 2 heteroatoms. The molecule has 0 spiro atoms. The molecular weight excluding hydrogens is 424 g/mol. The fourth-order valence-corrected chi connectivity index (χ4v) is 4.45. The summed E-state index contributed by atoms with van der Waals surface area (Å²) in [7, 11) is 0. The maximum atomic E-state index is 8.83. The molecule has 0 radical (unpaired) electrons. The van der Waals surface area contributed by atoms with Crippen LogP contribution in [0.3, 0.4) is 0 Å². The molecule has 0 heterocycles. The molecule has 0 saturated heterocycles. The van der Waals surface area contributed by atoms with Crippen LogP contribution in [0.5, 0.6) is 0 Å². The number of benzene rings is 3. The van der Waals surface area contributed by atoms with E-state index in [9.17, 15) is 0 Å². The molecule has 35 heavy (non-hydrogen) atoms. The largest absolute Gasteiger partial charge is 0.311 e. The van der Waals surface area contributed by atoms with Crippen LogP contribution in [0.15, 0.2) is 78.9 Å². The minimum atomic E-state index is 1.03. The summed E-state index contributed by atoms with van der Waals surface area (Å²) in [5.74, 6) is 0. The lowest BCUT2D eigenvalue weighted by Gasteiger charge is -2.26. The molecule has 2 nitrogen and oxygen atoms in total. The van der Waals surface area contributed by atoms with Crippen LogP contribution in [-0.4, -0.2) is 0 Å². The maximum Gasteiger partial charge on any atom is 0.0912 e. The van der Waals surface area contributed by atoms with Crippen LogP contribution in [0.4, 0.5) is 17.1 Å². The monoisotopic (exact) mass is 464 g/mol. The Morgan fingerprint density at radius 3 is 1.43 bits per heavy atom. The van der Waals surface area contributed by atoms with Crippen LogP contribution in [-0.2, 0) is 12.8 Å². The third-order valence-corrected chi connectivity index (χ3v) is 6.53. The minimum absolute atomic E-state index is 1.03. The molecular formula is C33H40N2. The molecule has 0 amide bonds. The maximum absolute atomic E-state index is 8.83. The van der Waals surface area contributed by atoms with Gasteiger partial charge in [0.2, 0.25) is 0 Å². The molecule has 3 rings (SSSR count). The number of allylic oxidation sites excluding steroid dienone is 1. The Morgan fingerprint density at radius 2 is 1.03 bits per heavy atom. The molecule has 0 unspecified atom stereocenters. The molecule has 0 fully saturated rings. The van der Waals surface area contributed by atoms with Crippen molar-refractivity contribution in [1.29, 1.82) is 5.26 Å². The van der Waals surface area contributed by atoms with Crippen LogP contribution < -0.4 is 4.90 Å². The van der Waals surface area contributed by atoms with Crippen LogP contribution in [0.25, 0.3) is 6.08 Å². The first-order chi connectivity index (χ1) is 17.2. The van der Waals surface area contributed by atoms with Gasteiger partial charge in [0, 0.05) is 23.1 Å². The molecule has 0 aliphatic carbocycles. The van der Waals surface area contributed by atoms with Gasteiger partial charge >= 0.3 is 0 Å². The van der Waals surface area contributed by atoms with Crippen molar-refractivity contribution in [3.05, 3.63) is 95.6 Å². The number of nitrogens with zero attached hydrogens (tertiary/aromatic N) is 2. The average Bonchev–Trinajstić information content (AvgIpc) is 2.90. The van der Waals surface area contributed by atoms with E-state index in [1.807, 2.05) is 6.08 Å². The minimum Gasteiger partial charge on any atom is -0.311 e. The van der Waals surface area contributed by atoms with Gasteiger partial charge in [-0.3, -0.25) is 0 Å². The third kappa shape index (κ3) is 8.45. The molecule has 182 valence electrons. The van der Waals surface area contributed by atoms with E-state index in [1.54, 1.807) is 0 Å². The van der Waals surface area contributed by atoms with Gasteiger partial charge in [-0.2, -0.15) is 5.26 Å². The zero-order valence-electron chi connectivity index (χ0n) is 21.5. The summed E-state index contributed by atoms with van der Waals surface area (Å²) in [4.78, 5) is 2.32. The number of anilines is 3. The molecule has 0 aliphatic rings. The van der Waals surface area contributed by atoms with E-state index in [1.165, 1.54) is 79.9 Å². The normalized spacial score (nSPS) is 11.0. The van der Waals surface area contributed by atoms with E-state index in [4.69, 9.17) is 5.26 Å². The summed E-state index contributed by atoms with van der Waals surface area (Å²) in [6.07, 6.45) is 16.0. The van der Waals surface area contributed by atoms with Gasteiger partial charge in [0.15, 0.2) is 0 Å². The fraction of sp³-hybridized carbons (Fsp3) is 0.364. The third-order valence-electron chi connectivity index (χ3n) is 6.53. The van der Waals surface area contributed by atoms with Gasteiger partial charge < -0.3 is 4.90 Å². The Hall–Kier alpha value is -3.31. The second-order valence-electron chi connectivity index (χ2n) is 9.34. The predicted molar refractivity (Wildman–Crippen MR) is 151 cm³/mol. The van der Waals surface area contributed by atoms with Crippen molar-refractivity contribution in [3.8, 4) is 6.07 Å². The molecule has 0 bridgehead atoms. The lowest BCUT2D eigenvalue weighted by atomic mass is 10.0. The van der Waals surface area contributed by atoms with Crippen molar-refractivity contribution >= 4 is 23.1 Å². The summed E-state index contributed by atoms with van der Waals surface area (Å²) in [6.45, 7) is 4.52. The molecule has 0 atom stereocenters. The topological polar surface area (TPSA) is 27.0 Å². The van der Waals surface area contributed by atoms with Crippen LogP contribution in [0.1, 0.15) is 81.9 Å². The number of nitriles is 1. The quantitative estimate of drug-likeness (QED) is 0.175. The Morgan fingerprint density at radius 1 is 0.600 bits per heavy atom. The van der Waals surface area contributed by atoms with E-state index in [0.29, 0.717) is 0 Å². The lowest BCUT2D eigenvalue weighted by Crippen LogP contribution is -2.10. The van der Waals surface area contributed by atoms with Gasteiger partial charge in [-0.1, -0.05) is 88.8 Å². The SMILES string of the molecule is CCCCCCc1ccc(N(c2ccc(C=CC#N)cc2)c2ccc(CCCCCC)cc2)cc1. The van der Waals surface area contributed by atoms with Crippen LogP contribution >= 0.6 is 0 Å². The van der Waals surface area contributed by atoms with Crippen molar-refractivity contribution in [2.24, 2.45) is 0 Å². The van der Waals surface area contributed by atoms with E-state index < -0.39 is 0 Å². The van der Waals surface area contributed by atoms with Crippen molar-refractivity contribution in [1.82, 2.24) is 0 Å². The predicted octanol–water partition coefficient (Wildman–Crippen LogP) is 9.94. The van der Waals surface area contributed by atoms with Crippen molar-refractivity contribution in [2.75, 3.05) is 4.90 Å². The Kier molecular flexibility index (Phi) is 11.2. The van der Waals surface area contributed by atoms with Crippen LogP contribution in [0, 0.1) is 11.3 Å². The first-order valence-corrected chi connectivity index (χ1v) is 13.4. The average molecular weight is 465 g/mol. The summed E-state index contributed by atoms with van der Waals surface area (Å²) in [5, 5.41) is 8.83. The highest BCUT2D eigenvalue weighted by atomic mass is 15.1. The van der Waals surface area contributed by atoms with Gasteiger partial charge in [0.05, 0.1) is 6.07 Å². The Balaban J connectivity index is 1.82. The number of hydrogen-bond acceptors (Lipinski definition) is 2. The molecule has 3 aromatic rings. The molecule has 0 aromatic heterocycles. The van der Waals surface area contributed by atoms with Gasteiger partial charge in [0.25, 0.3) is 0 Å². The summed E-state index contributed by atoms with van der Waals surface area (Å²) in [5.41, 5.74) is 7.29. The number of rotatable bonds is 14. The first-order valence-electron chi connectivity index (χ1n) is 13.4. The lowest BCUT2D eigenvalue weighted by molar-refractivity contribution is 0.667. The molecule has 0 aliphatic heterocycles. The fourth-order valence-electron chi connectivity index (χ4n) is 4.45. The zero-order chi connectivity index (χ0) is 24.7. The smallest absolute Gasteiger partial charge is 0.0912 e. The van der Waals surface area contributed by atoms with E-state index in [0.717, 1.165) is 24.1 Å². The van der Waals surface area contributed by atoms with Crippen molar-refractivity contribution in [2.45, 2.75) is 78.1 Å². The van der Waals surface area contributed by atoms with E-state index in [2.05, 4.69) is 97.6 Å². The molecule has 0 saturated carbocycles. The Labute approximate surface area is 212 Å². The standard InChI is InChI=1S/C33H40N2/c1-3-5-7-9-12-28-15-21-31(22-16-28)35(33-25-19-30(20-26-33)14-11-27-34)32-23-17-29(18-24-32)13-10-8-6-4-2/h11,14-26H,3-10,12-13H2,1-2H3. The van der Waals surface area contributed by atoms with E-state index in [-0.39, 0.29) is 0 Å². The highest BCUT2D eigenvalue weighted by Crippen LogP contribution is 2.35. The zero-order valence-corrected chi connectivity index (χ0v) is 21.5.